The van der Waals surface area contributed by atoms with Crippen LogP contribution in [0.15, 0.2) is 42.9 Å². The highest BCUT2D eigenvalue weighted by Gasteiger charge is 2.31. The molecule has 0 saturated carbocycles. The summed E-state index contributed by atoms with van der Waals surface area (Å²) in [6.45, 7) is 0.466. The Kier molecular flexibility index (Phi) is 7.61. The number of nitrogens with zero attached hydrogens (tertiary/aromatic N) is 4. The van der Waals surface area contributed by atoms with Crippen LogP contribution in [0.1, 0.15) is 16.8 Å². The molecule has 12 heteroatoms. The van der Waals surface area contributed by atoms with Crippen molar-refractivity contribution in [1.82, 2.24) is 30.5 Å². The van der Waals surface area contributed by atoms with Crippen molar-refractivity contribution in [3.63, 3.8) is 0 Å². The number of aromatic nitrogens is 3. The Morgan fingerprint density at radius 3 is 2.81 bits per heavy atom. The third kappa shape index (κ3) is 5.52. The quantitative estimate of drug-likeness (QED) is 0.441. The lowest BCUT2D eigenvalue weighted by atomic mass is 10.1. The molecular weight excluding hydrogens is 489 g/mol. The van der Waals surface area contributed by atoms with Crippen molar-refractivity contribution in [3.8, 4) is 17.1 Å². The number of halogens is 2. The molecule has 0 unspecified atom stereocenters. The Hall–Kier alpha value is -3.83. The molecule has 3 heterocycles. The number of anilines is 2. The molecule has 188 valence electrons. The van der Waals surface area contributed by atoms with Crippen molar-refractivity contribution < 1.29 is 18.7 Å². The molecule has 2 atom stereocenters. The zero-order valence-electron chi connectivity index (χ0n) is 19.9. The van der Waals surface area contributed by atoms with Gasteiger partial charge in [-0.15, -0.1) is 0 Å². The smallest absolute Gasteiger partial charge is 0.255 e. The third-order valence-electron chi connectivity index (χ3n) is 5.67. The van der Waals surface area contributed by atoms with Crippen LogP contribution in [0.3, 0.4) is 0 Å². The lowest BCUT2D eigenvalue weighted by Gasteiger charge is -2.17. The van der Waals surface area contributed by atoms with Gasteiger partial charge in [0.15, 0.2) is 17.4 Å². The van der Waals surface area contributed by atoms with Gasteiger partial charge >= 0.3 is 0 Å². The van der Waals surface area contributed by atoms with Crippen LogP contribution in [-0.4, -0.2) is 71.5 Å². The van der Waals surface area contributed by atoms with Gasteiger partial charge in [0.2, 0.25) is 5.91 Å². The number of hydrogen-bond acceptors (Lipinski definition) is 8. The molecule has 36 heavy (non-hydrogen) atoms. The van der Waals surface area contributed by atoms with Crippen LogP contribution in [0, 0.1) is 5.82 Å². The first-order valence-corrected chi connectivity index (χ1v) is 11.5. The molecule has 0 spiro atoms. The summed E-state index contributed by atoms with van der Waals surface area (Å²) in [5.74, 6) is -0.346. The summed E-state index contributed by atoms with van der Waals surface area (Å²) in [7, 11) is 4.83. The van der Waals surface area contributed by atoms with Crippen LogP contribution in [0.2, 0.25) is 5.02 Å². The van der Waals surface area contributed by atoms with E-state index in [2.05, 4.69) is 30.9 Å². The first-order valence-electron chi connectivity index (χ1n) is 11.1. The van der Waals surface area contributed by atoms with Crippen molar-refractivity contribution in [1.29, 1.82) is 0 Å². The van der Waals surface area contributed by atoms with Crippen LogP contribution >= 0.6 is 11.6 Å². The zero-order chi connectivity index (χ0) is 25.8. The molecule has 1 saturated heterocycles. The van der Waals surface area contributed by atoms with Gasteiger partial charge in [0, 0.05) is 44.1 Å². The average Bonchev–Trinajstić information content (AvgIpc) is 3.33. The molecule has 1 aliphatic rings. The van der Waals surface area contributed by atoms with Crippen molar-refractivity contribution in [2.24, 2.45) is 0 Å². The van der Waals surface area contributed by atoms with Gasteiger partial charge in [0.1, 0.15) is 5.82 Å². The second kappa shape index (κ2) is 10.8. The van der Waals surface area contributed by atoms with E-state index in [0.29, 0.717) is 23.7 Å². The lowest BCUT2D eigenvalue weighted by Crippen LogP contribution is -2.39. The van der Waals surface area contributed by atoms with Gasteiger partial charge in [-0.25, -0.2) is 14.4 Å². The number of hydrogen-bond donors (Lipinski definition) is 3. The Balaban J connectivity index is 1.56. The van der Waals surface area contributed by atoms with Crippen molar-refractivity contribution in [2.75, 3.05) is 33.1 Å². The molecule has 0 radical (unpaired) electrons. The summed E-state index contributed by atoms with van der Waals surface area (Å²) in [4.78, 5) is 39.5. The number of carbonyl (C=O) groups is 2. The number of ether oxygens (including phenoxy) is 1. The Labute approximate surface area is 212 Å². The number of benzene rings is 1. The Morgan fingerprint density at radius 2 is 2.06 bits per heavy atom. The molecule has 0 bridgehead atoms. The van der Waals surface area contributed by atoms with E-state index in [1.807, 2.05) is 0 Å². The zero-order valence-corrected chi connectivity index (χ0v) is 20.6. The number of amides is 2. The van der Waals surface area contributed by atoms with Crippen molar-refractivity contribution in [2.45, 2.75) is 18.5 Å². The highest BCUT2D eigenvalue weighted by Crippen LogP contribution is 2.30. The number of rotatable bonds is 7. The normalized spacial score (nSPS) is 16.9. The number of pyridine rings is 1. The summed E-state index contributed by atoms with van der Waals surface area (Å²) in [6.07, 6.45) is 4.82. The summed E-state index contributed by atoms with van der Waals surface area (Å²) in [5, 5.41) is 9.49. The molecular formula is C24H25ClFN7O3. The van der Waals surface area contributed by atoms with Crippen LogP contribution < -0.4 is 20.7 Å². The first kappa shape index (κ1) is 25.3. The fourth-order valence-electron chi connectivity index (χ4n) is 3.83. The minimum atomic E-state index is -0.532. The van der Waals surface area contributed by atoms with Gasteiger partial charge in [0.05, 0.1) is 36.2 Å². The largest absolute Gasteiger partial charge is 0.491 e. The van der Waals surface area contributed by atoms with Crippen LogP contribution in [0.5, 0.6) is 5.75 Å². The van der Waals surface area contributed by atoms with E-state index in [0.717, 1.165) is 0 Å². The molecule has 10 nitrogen and oxygen atoms in total. The highest BCUT2D eigenvalue weighted by atomic mass is 35.5. The van der Waals surface area contributed by atoms with E-state index in [-0.39, 0.29) is 52.4 Å². The van der Waals surface area contributed by atoms with E-state index in [9.17, 15) is 14.0 Å². The van der Waals surface area contributed by atoms with Crippen LogP contribution in [0.25, 0.3) is 11.4 Å². The third-order valence-corrected chi connectivity index (χ3v) is 5.90. The van der Waals surface area contributed by atoms with E-state index in [1.165, 1.54) is 48.8 Å². The minimum Gasteiger partial charge on any atom is -0.491 e. The van der Waals surface area contributed by atoms with Crippen molar-refractivity contribution >= 4 is 34.9 Å². The number of methoxy groups -OCH3 is 1. The summed E-state index contributed by atoms with van der Waals surface area (Å²) >= 11 is 6.02. The fourth-order valence-corrected chi connectivity index (χ4v) is 4.00. The highest BCUT2D eigenvalue weighted by molar-refractivity contribution is 6.30. The number of nitrogens with one attached hydrogen (secondary N) is 3. The SMILES string of the molecule is COc1cnc(-c2cc(Cl)ccc2F)nc1Nc1ccncc1C(=O)N[C@H]1CN[C@@H](C(=O)N(C)C)C1. The minimum absolute atomic E-state index is 0.0433. The predicted octanol–water partition coefficient (Wildman–Crippen LogP) is 2.63. The van der Waals surface area contributed by atoms with E-state index >= 15 is 0 Å². The summed E-state index contributed by atoms with van der Waals surface area (Å²) in [5.41, 5.74) is 0.788. The van der Waals surface area contributed by atoms with Gasteiger partial charge in [0.25, 0.3) is 5.91 Å². The molecule has 2 amide bonds. The molecule has 3 aromatic rings. The second-order valence-electron chi connectivity index (χ2n) is 8.38. The Morgan fingerprint density at radius 1 is 1.25 bits per heavy atom. The summed E-state index contributed by atoms with van der Waals surface area (Å²) in [6, 6.07) is 5.12. The maximum absolute atomic E-state index is 14.4. The maximum atomic E-state index is 14.4. The summed E-state index contributed by atoms with van der Waals surface area (Å²) < 4.78 is 19.8. The molecule has 1 aliphatic heterocycles. The van der Waals surface area contributed by atoms with Gasteiger partial charge in [-0.3, -0.25) is 14.6 Å². The van der Waals surface area contributed by atoms with E-state index < -0.39 is 5.82 Å². The monoisotopic (exact) mass is 513 g/mol. The van der Waals surface area contributed by atoms with Gasteiger partial charge in [-0.2, -0.15) is 0 Å². The van der Waals surface area contributed by atoms with Gasteiger partial charge in [-0.05, 0) is 30.7 Å². The average molecular weight is 514 g/mol. The fraction of sp³-hybridized carbons (Fsp3) is 0.292. The number of carbonyl (C=O) groups excluding carboxylic acids is 2. The lowest BCUT2D eigenvalue weighted by molar-refractivity contribution is -0.130. The second-order valence-corrected chi connectivity index (χ2v) is 8.82. The molecule has 0 aliphatic carbocycles. The van der Waals surface area contributed by atoms with Crippen molar-refractivity contribution in [3.05, 3.63) is 59.3 Å². The molecule has 4 rings (SSSR count). The topological polar surface area (TPSA) is 121 Å². The maximum Gasteiger partial charge on any atom is 0.255 e. The van der Waals surface area contributed by atoms with E-state index in [1.54, 1.807) is 20.2 Å². The first-order chi connectivity index (χ1) is 17.3. The molecule has 1 fully saturated rings. The van der Waals surface area contributed by atoms with Gasteiger partial charge in [-0.1, -0.05) is 11.6 Å². The molecule has 3 N–H and O–H groups in total. The predicted molar refractivity (Wildman–Crippen MR) is 133 cm³/mol. The molecule has 2 aromatic heterocycles. The van der Waals surface area contributed by atoms with E-state index in [4.69, 9.17) is 16.3 Å². The Bertz CT molecular complexity index is 1290. The number of likely N-dealkylation sites (N-methyl/N-ethyl adjacent to an activating group) is 1. The molecule has 1 aromatic carbocycles. The van der Waals surface area contributed by atoms with Gasteiger partial charge < -0.3 is 25.6 Å². The van der Waals surface area contributed by atoms with Crippen LogP contribution in [-0.2, 0) is 4.79 Å². The van der Waals surface area contributed by atoms with Crippen LogP contribution in [0.4, 0.5) is 15.9 Å². The standard InChI is InChI=1S/C24H25ClFN7O3/c1-33(2)24(35)19-9-14(10-28-19)30-23(34)16-11-27-7-6-18(16)31-22-20(36-3)12-29-21(32-22)15-8-13(25)4-5-17(15)26/h4-8,11-12,14,19,28H,9-10H2,1-3H3,(H,30,34)(H,27,29,31,32)/t14-,19-/m1/s1.